The highest BCUT2D eigenvalue weighted by Gasteiger charge is 2.59. The molecule has 0 bridgehead atoms. The Labute approximate surface area is 101 Å². The van der Waals surface area contributed by atoms with Crippen molar-refractivity contribution in [2.75, 3.05) is 0 Å². The molecule has 1 saturated heterocycles. The van der Waals surface area contributed by atoms with Crippen LogP contribution in [0.3, 0.4) is 0 Å². The number of rotatable bonds is 2. The molecule has 3 rings (SSSR count). The smallest absolute Gasteiger partial charge is 0.137 e. The number of hydrogen-bond acceptors (Lipinski definition) is 3. The Balaban J connectivity index is 2.04. The van der Waals surface area contributed by atoms with Crippen molar-refractivity contribution in [2.45, 2.75) is 44.5 Å². The average molecular weight is 229 g/mol. The maximum atomic E-state index is 8.90. The van der Waals surface area contributed by atoms with Crippen molar-refractivity contribution in [2.24, 2.45) is 0 Å². The fraction of sp³-hybridized carbons (Fsp3) is 0.500. The zero-order valence-corrected chi connectivity index (χ0v) is 10.1. The third-order valence-electron chi connectivity index (χ3n) is 3.97. The summed E-state index contributed by atoms with van der Waals surface area (Å²) in [5.74, 6) is 0.881. The van der Waals surface area contributed by atoms with Crippen molar-refractivity contribution in [3.63, 3.8) is 0 Å². The van der Waals surface area contributed by atoms with Gasteiger partial charge < -0.3 is 9.47 Å². The predicted octanol–water partition coefficient (Wildman–Crippen LogP) is 2.95. The minimum Gasteiger partial charge on any atom is -0.484 e. The molecule has 1 aromatic rings. The van der Waals surface area contributed by atoms with Crippen molar-refractivity contribution in [3.8, 4) is 11.8 Å². The Morgan fingerprint density at radius 3 is 2.76 bits per heavy atom. The lowest BCUT2D eigenvalue weighted by Crippen LogP contribution is -2.43. The molecule has 88 valence electrons. The minimum absolute atomic E-state index is 0.131. The van der Waals surface area contributed by atoms with E-state index < -0.39 is 0 Å². The van der Waals surface area contributed by atoms with E-state index >= 15 is 0 Å². The Kier molecular flexibility index (Phi) is 2.17. The van der Waals surface area contributed by atoms with Crippen molar-refractivity contribution in [3.05, 3.63) is 29.3 Å². The monoisotopic (exact) mass is 229 g/mol. The highest BCUT2D eigenvalue weighted by atomic mass is 16.6. The van der Waals surface area contributed by atoms with Gasteiger partial charge in [-0.25, -0.2) is 0 Å². The zero-order chi connectivity index (χ0) is 12.0. The molecule has 0 N–H and O–H groups in total. The molecule has 2 atom stereocenters. The maximum Gasteiger partial charge on any atom is 0.137 e. The number of hydrogen-bond donors (Lipinski definition) is 0. The van der Waals surface area contributed by atoms with Crippen LogP contribution in [0.4, 0.5) is 0 Å². The summed E-state index contributed by atoms with van der Waals surface area (Å²) in [5, 5.41) is 8.90. The average Bonchev–Trinajstić information content (AvgIpc) is 3.18. The molecular weight excluding hydrogens is 214 g/mol. The highest BCUT2D eigenvalue weighted by molar-refractivity contribution is 5.47. The molecule has 3 nitrogen and oxygen atoms in total. The maximum absolute atomic E-state index is 8.90. The molecule has 0 aliphatic carbocycles. The first-order valence-electron chi connectivity index (χ1n) is 6.12. The van der Waals surface area contributed by atoms with E-state index in [1.807, 2.05) is 12.1 Å². The molecule has 2 aliphatic heterocycles. The highest BCUT2D eigenvalue weighted by Crippen LogP contribution is 2.55. The van der Waals surface area contributed by atoms with E-state index in [1.165, 1.54) is 0 Å². The van der Waals surface area contributed by atoms with E-state index in [0.29, 0.717) is 5.56 Å². The van der Waals surface area contributed by atoms with E-state index in [-0.39, 0.29) is 17.8 Å². The molecule has 1 aromatic carbocycles. The normalized spacial score (nSPS) is 27.4. The minimum atomic E-state index is -0.175. The van der Waals surface area contributed by atoms with Gasteiger partial charge in [0.05, 0.1) is 11.6 Å². The lowest BCUT2D eigenvalue weighted by Gasteiger charge is -2.35. The van der Waals surface area contributed by atoms with Gasteiger partial charge in [-0.3, -0.25) is 0 Å². The van der Waals surface area contributed by atoms with Gasteiger partial charge in [-0.15, -0.1) is 0 Å². The van der Waals surface area contributed by atoms with Gasteiger partial charge in [-0.1, -0.05) is 13.8 Å². The number of ether oxygens (including phenoxy) is 2. The Morgan fingerprint density at radius 1 is 1.35 bits per heavy atom. The number of epoxide rings is 1. The van der Waals surface area contributed by atoms with Gasteiger partial charge in [0, 0.05) is 5.56 Å². The predicted molar refractivity (Wildman–Crippen MR) is 62.7 cm³/mol. The molecule has 1 fully saturated rings. The Bertz CT molecular complexity index is 499. The molecule has 0 spiro atoms. The van der Waals surface area contributed by atoms with Crippen molar-refractivity contribution in [1.29, 1.82) is 5.26 Å². The van der Waals surface area contributed by atoms with Crippen LogP contribution < -0.4 is 4.74 Å². The molecule has 2 unspecified atom stereocenters. The second kappa shape index (κ2) is 3.48. The third kappa shape index (κ3) is 1.37. The molecule has 17 heavy (non-hydrogen) atoms. The molecular formula is C14H15NO2. The van der Waals surface area contributed by atoms with Gasteiger partial charge in [0.2, 0.25) is 0 Å². The number of benzene rings is 1. The van der Waals surface area contributed by atoms with E-state index in [0.717, 1.165) is 24.2 Å². The lowest BCUT2D eigenvalue weighted by atomic mass is 9.86. The summed E-state index contributed by atoms with van der Waals surface area (Å²) in [6.45, 7) is 4.27. The molecule has 0 aromatic heterocycles. The second-order valence-corrected chi connectivity index (χ2v) is 4.72. The molecule has 0 amide bonds. The first-order chi connectivity index (χ1) is 8.24. The summed E-state index contributed by atoms with van der Waals surface area (Å²) < 4.78 is 11.9. The van der Waals surface area contributed by atoms with Crippen LogP contribution in [0.15, 0.2) is 18.2 Å². The molecule has 3 heteroatoms. The van der Waals surface area contributed by atoms with E-state index in [2.05, 4.69) is 19.9 Å². The summed E-state index contributed by atoms with van der Waals surface area (Å²) >= 11 is 0. The van der Waals surface area contributed by atoms with E-state index in [4.69, 9.17) is 14.7 Å². The van der Waals surface area contributed by atoms with Crippen LogP contribution in [-0.4, -0.2) is 11.7 Å². The first-order valence-corrected chi connectivity index (χ1v) is 6.12. The Morgan fingerprint density at radius 2 is 2.12 bits per heavy atom. The SMILES string of the molecule is CCC1(CC)Oc2ccc(C#N)cc2C2OC21. The molecule has 0 saturated carbocycles. The summed E-state index contributed by atoms with van der Waals surface area (Å²) in [4.78, 5) is 0. The van der Waals surface area contributed by atoms with Gasteiger partial charge in [-0.2, -0.15) is 5.26 Å². The fourth-order valence-corrected chi connectivity index (χ4v) is 2.76. The van der Waals surface area contributed by atoms with Gasteiger partial charge in [-0.05, 0) is 31.0 Å². The summed E-state index contributed by atoms with van der Waals surface area (Å²) in [5.41, 5.74) is 1.53. The van der Waals surface area contributed by atoms with Crippen LogP contribution >= 0.6 is 0 Å². The fourth-order valence-electron chi connectivity index (χ4n) is 2.76. The van der Waals surface area contributed by atoms with Crippen LogP contribution in [0, 0.1) is 11.3 Å². The molecule has 2 aliphatic rings. The summed E-state index contributed by atoms with van der Waals surface area (Å²) in [6.07, 6.45) is 2.19. The Hall–Kier alpha value is -1.53. The van der Waals surface area contributed by atoms with Crippen molar-refractivity contribution >= 4 is 0 Å². The zero-order valence-electron chi connectivity index (χ0n) is 10.1. The summed E-state index contributed by atoms with van der Waals surface area (Å²) in [7, 11) is 0. The van der Waals surface area contributed by atoms with Crippen LogP contribution in [0.5, 0.6) is 5.75 Å². The quantitative estimate of drug-likeness (QED) is 0.732. The lowest BCUT2D eigenvalue weighted by molar-refractivity contribution is 0.0277. The topological polar surface area (TPSA) is 45.5 Å². The van der Waals surface area contributed by atoms with Crippen LogP contribution in [0.2, 0.25) is 0 Å². The van der Waals surface area contributed by atoms with Crippen LogP contribution in [0.1, 0.15) is 43.9 Å². The second-order valence-electron chi connectivity index (χ2n) is 4.72. The van der Waals surface area contributed by atoms with Gasteiger partial charge in [0.15, 0.2) is 0 Å². The van der Waals surface area contributed by atoms with Crippen molar-refractivity contribution < 1.29 is 9.47 Å². The van der Waals surface area contributed by atoms with Gasteiger partial charge >= 0.3 is 0 Å². The van der Waals surface area contributed by atoms with E-state index in [1.54, 1.807) is 6.07 Å². The number of nitrogens with zero attached hydrogens (tertiary/aromatic N) is 1. The molecule has 2 heterocycles. The van der Waals surface area contributed by atoms with Gasteiger partial charge in [0.1, 0.15) is 23.6 Å². The van der Waals surface area contributed by atoms with Crippen molar-refractivity contribution in [1.82, 2.24) is 0 Å². The standard InChI is InChI=1S/C14H15NO2/c1-3-14(4-2)13-12(16-13)10-7-9(8-15)5-6-11(10)17-14/h5-7,12-13H,3-4H2,1-2H3. The molecule has 0 radical (unpaired) electrons. The number of fused-ring (bicyclic) bond motifs is 3. The van der Waals surface area contributed by atoms with E-state index in [9.17, 15) is 0 Å². The third-order valence-corrected chi connectivity index (χ3v) is 3.97. The van der Waals surface area contributed by atoms with Gasteiger partial charge in [0.25, 0.3) is 0 Å². The number of nitriles is 1. The summed E-state index contributed by atoms with van der Waals surface area (Å²) in [6, 6.07) is 7.74. The largest absolute Gasteiger partial charge is 0.484 e. The first kappa shape index (κ1) is 10.6. The van der Waals surface area contributed by atoms with Crippen LogP contribution in [-0.2, 0) is 4.74 Å². The van der Waals surface area contributed by atoms with Crippen LogP contribution in [0.25, 0.3) is 0 Å².